The van der Waals surface area contributed by atoms with Crippen LogP contribution in [0.4, 0.5) is 5.69 Å². The first-order valence-electron chi connectivity index (χ1n) is 12.4. The summed E-state index contributed by atoms with van der Waals surface area (Å²) >= 11 is 1.58. The fraction of sp³-hybridized carbons (Fsp3) is 0.310. The van der Waals surface area contributed by atoms with Gasteiger partial charge in [-0.05, 0) is 47.2 Å². The summed E-state index contributed by atoms with van der Waals surface area (Å²) in [6, 6.07) is 19.4. The first-order valence-corrected chi connectivity index (χ1v) is 13.4. The van der Waals surface area contributed by atoms with E-state index in [0.29, 0.717) is 30.3 Å². The fourth-order valence-electron chi connectivity index (χ4n) is 4.38. The summed E-state index contributed by atoms with van der Waals surface area (Å²) < 4.78 is 5.27. The Morgan fingerprint density at radius 3 is 2.57 bits per heavy atom. The molecule has 0 bridgehead atoms. The van der Waals surface area contributed by atoms with Crippen molar-refractivity contribution in [3.63, 3.8) is 0 Å². The first-order chi connectivity index (χ1) is 17.8. The van der Waals surface area contributed by atoms with Crippen molar-refractivity contribution in [3.8, 4) is 0 Å². The largest absolute Gasteiger partial charge is 0.467 e. The minimum atomic E-state index is -0.563. The Labute approximate surface area is 221 Å². The second-order valence-corrected chi connectivity index (χ2v) is 11.1. The smallest absolute Gasteiger partial charge is 0.270 e. The average molecular weight is 515 g/mol. The quantitative estimate of drug-likeness (QED) is 0.446. The van der Waals surface area contributed by atoms with Crippen LogP contribution in [0.1, 0.15) is 56.1 Å². The number of fused-ring (bicyclic) bond motifs is 3. The second kappa shape index (κ2) is 10.4. The predicted molar refractivity (Wildman–Crippen MR) is 147 cm³/mol. The molecule has 190 valence electrons. The number of amides is 2. The average Bonchev–Trinajstić information content (AvgIpc) is 3.52. The van der Waals surface area contributed by atoms with Gasteiger partial charge in [0, 0.05) is 17.7 Å². The number of carbonyl (C=O) groups is 2. The number of hydrogen-bond donors (Lipinski definition) is 1. The highest BCUT2D eigenvalue weighted by molar-refractivity contribution is 8.13. The SMILES string of the molecule is CC(C)(C)c1ccc(CSC2=Nc3ccccc3C3=NC(=O)C(CCC(=O)NCc4ccco4)N23)cc1. The Morgan fingerprint density at radius 2 is 1.84 bits per heavy atom. The van der Waals surface area contributed by atoms with Crippen LogP contribution in [0.25, 0.3) is 0 Å². The third-order valence-electron chi connectivity index (χ3n) is 6.48. The summed E-state index contributed by atoms with van der Waals surface area (Å²) in [7, 11) is 0. The molecular formula is C29H30N4O3S. The van der Waals surface area contributed by atoms with E-state index in [9.17, 15) is 9.59 Å². The van der Waals surface area contributed by atoms with Crippen LogP contribution >= 0.6 is 11.8 Å². The zero-order valence-electron chi connectivity index (χ0n) is 21.2. The highest BCUT2D eigenvalue weighted by Crippen LogP contribution is 2.36. The van der Waals surface area contributed by atoms with E-state index >= 15 is 0 Å². The van der Waals surface area contributed by atoms with Crippen LogP contribution in [0.3, 0.4) is 0 Å². The molecule has 2 amide bonds. The normalized spacial score (nSPS) is 16.7. The van der Waals surface area contributed by atoms with Crippen LogP contribution in [0.2, 0.25) is 0 Å². The van der Waals surface area contributed by atoms with Crippen molar-refractivity contribution in [1.82, 2.24) is 10.2 Å². The third-order valence-corrected chi connectivity index (χ3v) is 7.50. The van der Waals surface area contributed by atoms with Crippen LogP contribution < -0.4 is 5.32 Å². The van der Waals surface area contributed by atoms with Crippen LogP contribution in [0.5, 0.6) is 0 Å². The van der Waals surface area contributed by atoms with Gasteiger partial charge in [0.15, 0.2) is 5.17 Å². The lowest BCUT2D eigenvalue weighted by atomic mass is 9.87. The summed E-state index contributed by atoms with van der Waals surface area (Å²) in [5, 5.41) is 3.58. The van der Waals surface area contributed by atoms with Gasteiger partial charge >= 0.3 is 0 Å². The summed E-state index contributed by atoms with van der Waals surface area (Å²) in [5.41, 5.74) is 4.20. The lowest BCUT2D eigenvalue weighted by Gasteiger charge is -2.31. The van der Waals surface area contributed by atoms with Crippen LogP contribution in [-0.4, -0.2) is 33.8 Å². The maximum absolute atomic E-state index is 13.0. The molecule has 1 N–H and O–H groups in total. The van der Waals surface area contributed by atoms with Gasteiger partial charge in [0.2, 0.25) is 5.91 Å². The van der Waals surface area contributed by atoms with E-state index in [0.717, 1.165) is 16.4 Å². The van der Waals surface area contributed by atoms with Gasteiger partial charge in [0.05, 0.1) is 18.5 Å². The number of hydrogen-bond acceptors (Lipinski definition) is 6. The van der Waals surface area contributed by atoms with Crippen molar-refractivity contribution in [2.24, 2.45) is 9.98 Å². The molecule has 5 rings (SSSR count). The molecule has 0 fully saturated rings. The minimum Gasteiger partial charge on any atom is -0.467 e. The maximum Gasteiger partial charge on any atom is 0.270 e. The number of aliphatic imine (C=N–C) groups is 2. The van der Waals surface area contributed by atoms with Gasteiger partial charge in [0.25, 0.3) is 5.91 Å². The topological polar surface area (TPSA) is 87.3 Å². The number of nitrogens with zero attached hydrogens (tertiary/aromatic N) is 3. The lowest BCUT2D eigenvalue weighted by Crippen LogP contribution is -2.44. The van der Waals surface area contributed by atoms with Crippen molar-refractivity contribution in [2.45, 2.75) is 57.4 Å². The molecule has 2 aliphatic heterocycles. The van der Waals surface area contributed by atoms with Gasteiger partial charge in [-0.25, -0.2) is 4.99 Å². The van der Waals surface area contributed by atoms with Gasteiger partial charge in [0.1, 0.15) is 17.6 Å². The Morgan fingerprint density at radius 1 is 1.05 bits per heavy atom. The minimum absolute atomic E-state index is 0.0988. The van der Waals surface area contributed by atoms with E-state index < -0.39 is 6.04 Å². The van der Waals surface area contributed by atoms with E-state index in [2.05, 4.69) is 55.3 Å². The van der Waals surface area contributed by atoms with Crippen molar-refractivity contribution in [1.29, 1.82) is 0 Å². The molecule has 37 heavy (non-hydrogen) atoms. The number of thioether (sulfide) groups is 1. The van der Waals surface area contributed by atoms with Gasteiger partial charge in [-0.1, -0.05) is 68.9 Å². The van der Waals surface area contributed by atoms with E-state index in [-0.39, 0.29) is 23.7 Å². The summed E-state index contributed by atoms with van der Waals surface area (Å²) in [6.45, 7) is 6.93. The van der Waals surface area contributed by atoms with E-state index in [1.54, 1.807) is 24.1 Å². The number of rotatable bonds is 7. The zero-order valence-corrected chi connectivity index (χ0v) is 22.0. The molecule has 8 heteroatoms. The fourth-order valence-corrected chi connectivity index (χ4v) is 5.38. The molecule has 1 atom stereocenters. The van der Waals surface area contributed by atoms with Gasteiger partial charge in [-0.15, -0.1) is 0 Å². The van der Waals surface area contributed by atoms with E-state index in [4.69, 9.17) is 9.41 Å². The van der Waals surface area contributed by atoms with Crippen LogP contribution in [-0.2, 0) is 27.3 Å². The molecule has 3 aromatic rings. The molecule has 0 saturated carbocycles. The molecule has 0 saturated heterocycles. The van der Waals surface area contributed by atoms with Gasteiger partial charge in [-0.2, -0.15) is 4.99 Å². The summed E-state index contributed by atoms with van der Waals surface area (Å²) in [4.78, 5) is 36.7. The Bertz CT molecular complexity index is 1350. The van der Waals surface area contributed by atoms with Crippen LogP contribution in [0.15, 0.2) is 81.3 Å². The number of benzene rings is 2. The van der Waals surface area contributed by atoms with Crippen molar-refractivity contribution < 1.29 is 14.0 Å². The van der Waals surface area contributed by atoms with Gasteiger partial charge in [-0.3, -0.25) is 14.5 Å². The maximum atomic E-state index is 13.0. The van der Waals surface area contributed by atoms with Crippen molar-refractivity contribution >= 4 is 40.3 Å². The predicted octanol–water partition coefficient (Wildman–Crippen LogP) is 5.57. The molecular weight excluding hydrogens is 484 g/mol. The van der Waals surface area contributed by atoms with Gasteiger partial charge < -0.3 is 9.73 Å². The molecule has 2 aliphatic rings. The Kier molecular flexibility index (Phi) is 7.02. The zero-order chi connectivity index (χ0) is 26.0. The van der Waals surface area contributed by atoms with Crippen molar-refractivity contribution in [2.75, 3.05) is 0 Å². The molecule has 0 spiro atoms. The second-order valence-electron chi connectivity index (χ2n) is 10.2. The monoisotopic (exact) mass is 514 g/mol. The summed E-state index contributed by atoms with van der Waals surface area (Å²) in [5.74, 6) is 1.63. The molecule has 0 radical (unpaired) electrons. The number of amidine groups is 2. The molecule has 0 aliphatic carbocycles. The lowest BCUT2D eigenvalue weighted by molar-refractivity contribution is -0.122. The van der Waals surface area contributed by atoms with Crippen LogP contribution in [0, 0.1) is 0 Å². The van der Waals surface area contributed by atoms with E-state index in [1.807, 2.05) is 35.2 Å². The Hall–Kier alpha value is -3.65. The molecule has 2 aromatic carbocycles. The third kappa shape index (κ3) is 5.54. The number of nitrogens with one attached hydrogen (secondary N) is 1. The molecule has 3 heterocycles. The highest BCUT2D eigenvalue weighted by Gasteiger charge is 2.41. The molecule has 1 aromatic heterocycles. The standard InChI is InChI=1S/C29H30N4O3S/c1-29(2,3)20-12-10-19(11-13-20)18-37-28-31-23-9-5-4-8-22(23)26-32-27(35)24(33(26)28)14-15-25(34)30-17-21-7-6-16-36-21/h4-13,16,24H,14-15,17-18H2,1-3H3,(H,30,34). The Balaban J connectivity index is 1.31. The number of carbonyl (C=O) groups excluding carboxylic acids is 2. The first kappa shape index (κ1) is 25.0. The highest BCUT2D eigenvalue weighted by atomic mass is 32.2. The summed E-state index contributed by atoms with van der Waals surface area (Å²) in [6.07, 6.45) is 2.12. The number of para-hydroxylation sites is 1. The molecule has 7 nitrogen and oxygen atoms in total. The molecule has 1 unspecified atom stereocenters. The number of furan rings is 1. The van der Waals surface area contributed by atoms with E-state index in [1.165, 1.54) is 11.1 Å². The van der Waals surface area contributed by atoms with Crippen molar-refractivity contribution in [3.05, 3.63) is 89.4 Å².